The summed E-state index contributed by atoms with van der Waals surface area (Å²) in [5.41, 5.74) is 0.974. The third-order valence-corrected chi connectivity index (χ3v) is 6.25. The summed E-state index contributed by atoms with van der Waals surface area (Å²) in [5, 5.41) is 8.09. The molecular formula is C21H16BrF3N4O. The van der Waals surface area contributed by atoms with Crippen LogP contribution in [0.1, 0.15) is 51.1 Å². The Morgan fingerprint density at radius 3 is 2.67 bits per heavy atom. The van der Waals surface area contributed by atoms with E-state index >= 15 is 0 Å². The molecule has 2 atom stereocenters. The van der Waals surface area contributed by atoms with Gasteiger partial charge in [0.1, 0.15) is 12.2 Å². The molecule has 1 aliphatic heterocycles. The fourth-order valence-electron chi connectivity index (χ4n) is 4.23. The topological polar surface area (TPSA) is 51.0 Å². The zero-order chi connectivity index (χ0) is 21.2. The van der Waals surface area contributed by atoms with E-state index in [0.29, 0.717) is 5.69 Å². The highest BCUT2D eigenvalue weighted by molar-refractivity contribution is 9.10. The molecule has 5 rings (SSSR count). The lowest BCUT2D eigenvalue weighted by atomic mass is 10.0. The van der Waals surface area contributed by atoms with Crippen LogP contribution in [0.4, 0.5) is 18.9 Å². The van der Waals surface area contributed by atoms with Crippen LogP contribution in [0, 0.1) is 0 Å². The standard InChI is InChI=1S/C21H16BrF3N4O/c1-28-10-26-27-19(28)15-8-14(15)11-3-2-4-13(5-11)29-9-17-16(20(29)30)6-12(22)7-18(17)21(23,24)25/h2-7,10,14-15H,8-9H2,1H3/t14-,15-/m1/s1. The van der Waals surface area contributed by atoms with Gasteiger partial charge in [-0.1, -0.05) is 28.1 Å². The van der Waals surface area contributed by atoms with E-state index in [1.165, 1.54) is 11.0 Å². The monoisotopic (exact) mass is 476 g/mol. The molecule has 2 aliphatic rings. The Hall–Kier alpha value is -2.68. The Labute approximate surface area is 178 Å². The van der Waals surface area contributed by atoms with Crippen LogP contribution in [0.25, 0.3) is 0 Å². The van der Waals surface area contributed by atoms with Crippen molar-refractivity contribution in [2.24, 2.45) is 7.05 Å². The minimum Gasteiger partial charge on any atom is -0.320 e. The number of rotatable bonds is 3. The summed E-state index contributed by atoms with van der Waals surface area (Å²) in [6, 6.07) is 9.97. The van der Waals surface area contributed by atoms with Crippen LogP contribution in [0.5, 0.6) is 0 Å². The minimum atomic E-state index is -4.52. The number of carbonyl (C=O) groups is 1. The van der Waals surface area contributed by atoms with Crippen molar-refractivity contribution in [1.29, 1.82) is 0 Å². The molecule has 0 radical (unpaired) electrons. The lowest BCUT2D eigenvalue weighted by Crippen LogP contribution is -2.23. The number of benzene rings is 2. The molecule has 0 saturated heterocycles. The normalized spacial score (nSPS) is 20.6. The third-order valence-electron chi connectivity index (χ3n) is 5.79. The maximum absolute atomic E-state index is 13.5. The number of anilines is 1. The molecule has 154 valence electrons. The van der Waals surface area contributed by atoms with Crippen molar-refractivity contribution >= 4 is 27.5 Å². The maximum Gasteiger partial charge on any atom is 0.416 e. The number of halogens is 4. The van der Waals surface area contributed by atoms with Gasteiger partial charge in [-0.25, -0.2) is 0 Å². The zero-order valence-corrected chi connectivity index (χ0v) is 17.4. The number of aryl methyl sites for hydroxylation is 1. The predicted octanol–water partition coefficient (Wildman–Crippen LogP) is 5.03. The van der Waals surface area contributed by atoms with E-state index in [2.05, 4.69) is 26.1 Å². The average Bonchev–Trinajstić information content (AvgIpc) is 3.27. The zero-order valence-electron chi connectivity index (χ0n) is 15.8. The van der Waals surface area contributed by atoms with E-state index in [-0.39, 0.29) is 34.0 Å². The van der Waals surface area contributed by atoms with Gasteiger partial charge in [0.05, 0.1) is 12.1 Å². The lowest BCUT2D eigenvalue weighted by Gasteiger charge is -2.17. The second kappa shape index (κ2) is 6.66. The van der Waals surface area contributed by atoms with Crippen LogP contribution in [0.15, 0.2) is 47.2 Å². The summed E-state index contributed by atoms with van der Waals surface area (Å²) in [7, 11) is 1.90. The Morgan fingerprint density at radius 2 is 1.97 bits per heavy atom. The molecule has 1 aliphatic carbocycles. The molecule has 0 spiro atoms. The van der Waals surface area contributed by atoms with E-state index in [4.69, 9.17) is 0 Å². The van der Waals surface area contributed by atoms with Crippen molar-refractivity contribution < 1.29 is 18.0 Å². The van der Waals surface area contributed by atoms with Crippen LogP contribution in [-0.2, 0) is 19.8 Å². The first-order valence-electron chi connectivity index (χ1n) is 9.39. The van der Waals surface area contributed by atoms with Gasteiger partial charge in [-0.3, -0.25) is 4.79 Å². The highest BCUT2D eigenvalue weighted by Crippen LogP contribution is 2.54. The van der Waals surface area contributed by atoms with Crippen LogP contribution in [-0.4, -0.2) is 20.7 Å². The van der Waals surface area contributed by atoms with Crippen molar-refractivity contribution in [3.05, 3.63) is 75.3 Å². The first-order chi connectivity index (χ1) is 14.2. The molecule has 1 amide bonds. The van der Waals surface area contributed by atoms with Crippen LogP contribution in [0.2, 0.25) is 0 Å². The van der Waals surface area contributed by atoms with Gasteiger partial charge < -0.3 is 9.47 Å². The van der Waals surface area contributed by atoms with Crippen molar-refractivity contribution in [2.75, 3.05) is 4.90 Å². The molecule has 5 nitrogen and oxygen atoms in total. The molecule has 1 fully saturated rings. The molecular weight excluding hydrogens is 461 g/mol. The fraction of sp³-hybridized carbons (Fsp3) is 0.286. The molecule has 1 aromatic heterocycles. The Kier molecular flexibility index (Phi) is 4.29. The summed E-state index contributed by atoms with van der Waals surface area (Å²) in [6.07, 6.45) is -1.93. The first kappa shape index (κ1) is 19.3. The number of aromatic nitrogens is 3. The highest BCUT2D eigenvalue weighted by atomic mass is 79.9. The number of amides is 1. The molecule has 0 N–H and O–H groups in total. The Morgan fingerprint density at radius 1 is 1.17 bits per heavy atom. The SMILES string of the molecule is Cn1cnnc1[C@@H]1C[C@@H]1c1cccc(N2Cc3c(cc(Br)cc3C(F)(F)F)C2=O)c1. The molecule has 9 heteroatoms. The van der Waals surface area contributed by atoms with Crippen molar-refractivity contribution in [2.45, 2.75) is 31.0 Å². The van der Waals surface area contributed by atoms with E-state index in [0.717, 1.165) is 23.9 Å². The number of carbonyl (C=O) groups excluding carboxylic acids is 1. The van der Waals surface area contributed by atoms with Gasteiger partial charge in [0.15, 0.2) is 0 Å². The number of fused-ring (bicyclic) bond motifs is 1. The Bertz CT molecular complexity index is 1170. The van der Waals surface area contributed by atoms with Gasteiger partial charge in [0.25, 0.3) is 5.91 Å². The summed E-state index contributed by atoms with van der Waals surface area (Å²) in [4.78, 5) is 14.3. The largest absolute Gasteiger partial charge is 0.416 e. The van der Waals surface area contributed by atoms with Gasteiger partial charge in [-0.05, 0) is 47.7 Å². The van der Waals surface area contributed by atoms with E-state index < -0.39 is 17.6 Å². The minimum absolute atomic E-state index is 0.0180. The molecule has 0 bridgehead atoms. The van der Waals surface area contributed by atoms with Gasteiger partial charge in [-0.15, -0.1) is 10.2 Å². The number of hydrogen-bond acceptors (Lipinski definition) is 3. The fourth-order valence-corrected chi connectivity index (χ4v) is 4.69. The number of alkyl halides is 3. The maximum atomic E-state index is 13.5. The van der Waals surface area contributed by atoms with E-state index in [1.54, 1.807) is 12.4 Å². The quantitative estimate of drug-likeness (QED) is 0.532. The summed E-state index contributed by atoms with van der Waals surface area (Å²) in [5.74, 6) is 1.00. The molecule has 2 aromatic carbocycles. The summed E-state index contributed by atoms with van der Waals surface area (Å²) < 4.78 is 42.6. The van der Waals surface area contributed by atoms with Crippen LogP contribution >= 0.6 is 15.9 Å². The molecule has 2 heterocycles. The van der Waals surface area contributed by atoms with Crippen molar-refractivity contribution in [3.8, 4) is 0 Å². The third kappa shape index (κ3) is 3.12. The first-order valence-corrected chi connectivity index (χ1v) is 10.2. The summed E-state index contributed by atoms with van der Waals surface area (Å²) in [6.45, 7) is -0.100. The van der Waals surface area contributed by atoms with Gasteiger partial charge >= 0.3 is 6.18 Å². The highest BCUT2D eigenvalue weighted by Gasteiger charge is 2.43. The summed E-state index contributed by atoms with van der Waals surface area (Å²) >= 11 is 3.10. The second-order valence-electron chi connectivity index (χ2n) is 7.71. The van der Waals surface area contributed by atoms with Crippen molar-refractivity contribution in [1.82, 2.24) is 14.8 Å². The second-order valence-corrected chi connectivity index (χ2v) is 8.63. The molecule has 3 aromatic rings. The van der Waals surface area contributed by atoms with E-state index in [1.807, 2.05) is 29.8 Å². The molecule has 1 saturated carbocycles. The van der Waals surface area contributed by atoms with Gasteiger partial charge in [0, 0.05) is 28.7 Å². The van der Waals surface area contributed by atoms with Gasteiger partial charge in [-0.2, -0.15) is 13.2 Å². The smallest absolute Gasteiger partial charge is 0.320 e. The lowest BCUT2D eigenvalue weighted by molar-refractivity contribution is -0.138. The van der Waals surface area contributed by atoms with E-state index in [9.17, 15) is 18.0 Å². The number of hydrogen-bond donors (Lipinski definition) is 0. The Balaban J connectivity index is 1.46. The van der Waals surface area contributed by atoms with Crippen LogP contribution < -0.4 is 4.90 Å². The molecule has 0 unspecified atom stereocenters. The van der Waals surface area contributed by atoms with Crippen LogP contribution in [0.3, 0.4) is 0 Å². The predicted molar refractivity (Wildman–Crippen MR) is 107 cm³/mol. The van der Waals surface area contributed by atoms with Crippen molar-refractivity contribution in [3.63, 3.8) is 0 Å². The average molecular weight is 477 g/mol. The number of nitrogens with zero attached hydrogens (tertiary/aromatic N) is 4. The molecule has 30 heavy (non-hydrogen) atoms. The van der Waals surface area contributed by atoms with Gasteiger partial charge in [0.2, 0.25) is 0 Å².